The van der Waals surface area contributed by atoms with Gasteiger partial charge in [-0.1, -0.05) is 0 Å². The zero-order valence-electron chi connectivity index (χ0n) is 10.9. The molecule has 0 unspecified atom stereocenters. The molecule has 1 aliphatic rings. The molecule has 0 radical (unpaired) electrons. The second-order valence-electron chi connectivity index (χ2n) is 4.77. The fourth-order valence-electron chi connectivity index (χ4n) is 1.91. The van der Waals surface area contributed by atoms with Gasteiger partial charge in [-0.25, -0.2) is 0 Å². The summed E-state index contributed by atoms with van der Waals surface area (Å²) in [5.74, 6) is -0.0736. The molecule has 0 atom stereocenters. The average Bonchev–Trinajstić information content (AvgIpc) is 2.34. The molecule has 0 saturated carbocycles. The van der Waals surface area contributed by atoms with Crippen LogP contribution in [0.4, 0.5) is 0 Å². The van der Waals surface area contributed by atoms with Crippen LogP contribution in [0, 0.1) is 0 Å². The molecule has 1 rings (SSSR count). The van der Waals surface area contributed by atoms with Crippen LogP contribution in [0.2, 0.25) is 0 Å². The Morgan fingerprint density at radius 3 is 2.76 bits per heavy atom. The second-order valence-corrected chi connectivity index (χ2v) is 4.77. The summed E-state index contributed by atoms with van der Waals surface area (Å²) in [5, 5.41) is 2.74. The summed E-state index contributed by atoms with van der Waals surface area (Å²) in [7, 11) is 0. The molecule has 0 spiro atoms. The molecule has 17 heavy (non-hydrogen) atoms. The number of ether oxygens (including phenoxy) is 1. The van der Waals surface area contributed by atoms with E-state index < -0.39 is 5.54 Å². The fourth-order valence-corrected chi connectivity index (χ4v) is 1.91. The van der Waals surface area contributed by atoms with E-state index in [-0.39, 0.29) is 11.8 Å². The van der Waals surface area contributed by atoms with E-state index in [1.165, 1.54) is 0 Å². The van der Waals surface area contributed by atoms with Crippen molar-refractivity contribution in [1.29, 1.82) is 0 Å². The number of carbonyl (C=O) groups excluding carboxylic acids is 2. The van der Waals surface area contributed by atoms with Gasteiger partial charge in [-0.05, 0) is 27.2 Å². The largest absolute Gasteiger partial charge is 0.382 e. The zero-order chi connectivity index (χ0) is 12.9. The highest BCUT2D eigenvalue weighted by atomic mass is 16.5. The smallest absolute Gasteiger partial charge is 0.247 e. The highest BCUT2D eigenvalue weighted by molar-refractivity contribution is 5.92. The minimum atomic E-state index is -0.792. The van der Waals surface area contributed by atoms with E-state index in [0.717, 1.165) is 6.42 Å². The molecule has 98 valence electrons. The van der Waals surface area contributed by atoms with Crippen molar-refractivity contribution in [3.05, 3.63) is 0 Å². The van der Waals surface area contributed by atoms with Gasteiger partial charge in [0.1, 0.15) is 5.54 Å². The van der Waals surface area contributed by atoms with E-state index in [1.807, 2.05) is 6.92 Å². The van der Waals surface area contributed by atoms with Gasteiger partial charge in [0.25, 0.3) is 0 Å². The molecule has 1 aliphatic heterocycles. The molecule has 1 N–H and O–H groups in total. The Bertz CT molecular complexity index is 289. The number of rotatable bonds is 5. The van der Waals surface area contributed by atoms with Crippen molar-refractivity contribution >= 4 is 11.8 Å². The summed E-state index contributed by atoms with van der Waals surface area (Å²) >= 11 is 0. The zero-order valence-corrected chi connectivity index (χ0v) is 10.9. The third-order valence-electron chi connectivity index (χ3n) is 2.80. The number of nitrogens with zero attached hydrogens (tertiary/aromatic N) is 1. The molecule has 1 saturated heterocycles. The van der Waals surface area contributed by atoms with E-state index >= 15 is 0 Å². The monoisotopic (exact) mass is 242 g/mol. The van der Waals surface area contributed by atoms with Crippen molar-refractivity contribution in [1.82, 2.24) is 10.2 Å². The molecule has 0 aromatic carbocycles. The number of nitrogens with one attached hydrogen (secondary N) is 1. The number of hydrogen-bond donors (Lipinski definition) is 1. The van der Waals surface area contributed by atoms with Crippen LogP contribution in [-0.2, 0) is 14.3 Å². The first-order valence-corrected chi connectivity index (χ1v) is 6.15. The molecule has 0 bridgehead atoms. The van der Waals surface area contributed by atoms with E-state index in [0.29, 0.717) is 32.7 Å². The fraction of sp³-hybridized carbons (Fsp3) is 0.833. The van der Waals surface area contributed by atoms with E-state index in [9.17, 15) is 9.59 Å². The third kappa shape index (κ3) is 4.00. The Morgan fingerprint density at radius 1 is 1.41 bits per heavy atom. The van der Waals surface area contributed by atoms with Crippen LogP contribution in [-0.4, -0.2) is 48.6 Å². The van der Waals surface area contributed by atoms with Gasteiger partial charge in [0, 0.05) is 32.7 Å². The van der Waals surface area contributed by atoms with Crippen molar-refractivity contribution < 1.29 is 14.3 Å². The van der Waals surface area contributed by atoms with Crippen LogP contribution >= 0.6 is 0 Å². The van der Waals surface area contributed by atoms with Gasteiger partial charge >= 0.3 is 0 Å². The Hall–Kier alpha value is -1.10. The van der Waals surface area contributed by atoms with Gasteiger partial charge in [0.2, 0.25) is 11.8 Å². The Labute approximate surface area is 102 Å². The van der Waals surface area contributed by atoms with Crippen molar-refractivity contribution in [2.75, 3.05) is 26.3 Å². The maximum Gasteiger partial charge on any atom is 0.247 e. The Kier molecular flexibility index (Phi) is 4.93. The molecule has 0 aromatic heterocycles. The van der Waals surface area contributed by atoms with Crippen LogP contribution in [0.3, 0.4) is 0 Å². The third-order valence-corrected chi connectivity index (χ3v) is 2.80. The van der Waals surface area contributed by atoms with Crippen LogP contribution in [0.1, 0.15) is 33.6 Å². The maximum atomic E-state index is 12.1. The van der Waals surface area contributed by atoms with Crippen LogP contribution in [0.5, 0.6) is 0 Å². The Balaban J connectivity index is 2.52. The molecule has 0 aliphatic carbocycles. The standard InChI is InChI=1S/C12H22N2O3/c1-4-17-9-5-7-14-8-6-10(15)13-12(2,3)11(14)16/h4-9H2,1-3H3,(H,13,15). The van der Waals surface area contributed by atoms with Gasteiger partial charge in [-0.15, -0.1) is 0 Å². The molecule has 0 aromatic rings. The number of amides is 2. The summed E-state index contributed by atoms with van der Waals surface area (Å²) < 4.78 is 5.24. The normalized spacial score (nSPS) is 20.1. The predicted molar refractivity (Wildman–Crippen MR) is 64.5 cm³/mol. The van der Waals surface area contributed by atoms with Crippen LogP contribution < -0.4 is 5.32 Å². The summed E-state index contributed by atoms with van der Waals surface area (Å²) in [4.78, 5) is 25.3. The molecular formula is C12H22N2O3. The molecular weight excluding hydrogens is 220 g/mol. The first-order valence-electron chi connectivity index (χ1n) is 6.15. The minimum Gasteiger partial charge on any atom is -0.382 e. The topological polar surface area (TPSA) is 58.6 Å². The summed E-state index contributed by atoms with van der Waals surface area (Å²) in [6.07, 6.45) is 1.19. The highest BCUT2D eigenvalue weighted by Gasteiger charge is 2.35. The van der Waals surface area contributed by atoms with Crippen LogP contribution in [0.25, 0.3) is 0 Å². The lowest BCUT2D eigenvalue weighted by atomic mass is 10.0. The van der Waals surface area contributed by atoms with Gasteiger partial charge in [0.15, 0.2) is 0 Å². The molecule has 1 fully saturated rings. The average molecular weight is 242 g/mol. The summed E-state index contributed by atoms with van der Waals surface area (Å²) in [6, 6.07) is 0. The van der Waals surface area contributed by atoms with Crippen molar-refractivity contribution in [2.45, 2.75) is 39.2 Å². The first-order chi connectivity index (χ1) is 7.97. The SMILES string of the molecule is CCOCCCN1CCC(=O)NC(C)(C)C1=O. The lowest BCUT2D eigenvalue weighted by Gasteiger charge is -2.28. The second kappa shape index (κ2) is 6.00. The quantitative estimate of drug-likeness (QED) is 0.716. The van der Waals surface area contributed by atoms with Gasteiger partial charge in [-0.2, -0.15) is 0 Å². The molecule has 5 heteroatoms. The van der Waals surface area contributed by atoms with E-state index in [2.05, 4.69) is 5.32 Å². The number of carbonyl (C=O) groups is 2. The van der Waals surface area contributed by atoms with E-state index in [1.54, 1.807) is 18.7 Å². The lowest BCUT2D eigenvalue weighted by molar-refractivity contribution is -0.137. The molecule has 1 heterocycles. The highest BCUT2D eigenvalue weighted by Crippen LogP contribution is 2.13. The van der Waals surface area contributed by atoms with Gasteiger partial charge < -0.3 is 15.0 Å². The van der Waals surface area contributed by atoms with Crippen molar-refractivity contribution in [3.63, 3.8) is 0 Å². The van der Waals surface area contributed by atoms with Gasteiger partial charge in [0.05, 0.1) is 0 Å². The van der Waals surface area contributed by atoms with Crippen molar-refractivity contribution in [3.8, 4) is 0 Å². The van der Waals surface area contributed by atoms with Crippen molar-refractivity contribution in [2.24, 2.45) is 0 Å². The maximum absolute atomic E-state index is 12.1. The summed E-state index contributed by atoms with van der Waals surface area (Å²) in [6.45, 7) is 7.93. The molecule has 5 nitrogen and oxygen atoms in total. The van der Waals surface area contributed by atoms with Crippen LogP contribution in [0.15, 0.2) is 0 Å². The van der Waals surface area contributed by atoms with Gasteiger partial charge in [-0.3, -0.25) is 9.59 Å². The Morgan fingerprint density at radius 2 is 2.12 bits per heavy atom. The predicted octanol–water partition coefficient (Wildman–Crippen LogP) is 0.540. The minimum absolute atomic E-state index is 0.0140. The molecule has 2 amide bonds. The summed E-state index contributed by atoms with van der Waals surface area (Å²) in [5.41, 5.74) is -0.792. The number of hydrogen-bond acceptors (Lipinski definition) is 3. The lowest BCUT2D eigenvalue weighted by Crippen LogP contribution is -2.53. The van der Waals surface area contributed by atoms with E-state index in [4.69, 9.17) is 4.74 Å². The first kappa shape index (κ1) is 14.0.